The van der Waals surface area contributed by atoms with Crippen molar-refractivity contribution < 1.29 is 9.59 Å². The van der Waals surface area contributed by atoms with Crippen LogP contribution in [0.5, 0.6) is 0 Å². The van der Waals surface area contributed by atoms with Gasteiger partial charge < -0.3 is 15.1 Å². The minimum atomic E-state index is 0. The molecule has 6 nitrogen and oxygen atoms in total. The van der Waals surface area contributed by atoms with Gasteiger partial charge in [0.1, 0.15) is 0 Å². The van der Waals surface area contributed by atoms with Crippen molar-refractivity contribution in [2.45, 2.75) is 26.3 Å². The molecule has 2 amide bonds. The Morgan fingerprint density at radius 2 is 1.60 bits per heavy atom. The van der Waals surface area contributed by atoms with Gasteiger partial charge in [-0.15, -0.1) is 24.8 Å². The van der Waals surface area contributed by atoms with Crippen molar-refractivity contribution in [3.8, 4) is 0 Å². The second kappa shape index (κ2) is 13.0. The third kappa shape index (κ3) is 7.91. The van der Waals surface area contributed by atoms with Crippen LogP contribution < -0.4 is 5.32 Å². The zero-order valence-corrected chi connectivity index (χ0v) is 17.7. The molecule has 0 aliphatic carbocycles. The van der Waals surface area contributed by atoms with Gasteiger partial charge >= 0.3 is 0 Å². The van der Waals surface area contributed by atoms with Gasteiger partial charge in [-0.25, -0.2) is 0 Å². The lowest BCUT2D eigenvalue weighted by Gasteiger charge is -2.36. The van der Waals surface area contributed by atoms with Crippen molar-refractivity contribution in [2.75, 3.05) is 63.9 Å². The number of likely N-dealkylation sites (N-methyl/N-ethyl adjacent to an activating group) is 1. The maximum absolute atomic E-state index is 12.4. The van der Waals surface area contributed by atoms with Crippen LogP contribution in [0.3, 0.4) is 0 Å². The Morgan fingerprint density at radius 1 is 1.04 bits per heavy atom. The van der Waals surface area contributed by atoms with Crippen LogP contribution in [-0.4, -0.2) is 96.4 Å². The molecule has 2 aliphatic heterocycles. The van der Waals surface area contributed by atoms with Gasteiger partial charge in [-0.1, -0.05) is 13.8 Å². The number of rotatable bonds is 6. The molecule has 0 bridgehead atoms. The van der Waals surface area contributed by atoms with E-state index in [4.69, 9.17) is 0 Å². The number of hydrogen-bond donors (Lipinski definition) is 1. The van der Waals surface area contributed by atoms with E-state index in [1.807, 2.05) is 21.6 Å². The van der Waals surface area contributed by atoms with Gasteiger partial charge in [0.15, 0.2) is 0 Å². The summed E-state index contributed by atoms with van der Waals surface area (Å²) in [6.45, 7) is 10.1. The molecule has 2 saturated heterocycles. The van der Waals surface area contributed by atoms with E-state index in [0.29, 0.717) is 45.2 Å². The molecule has 0 spiro atoms. The average molecular weight is 415 g/mol. The molecular formula is C16H32Cl2N4O2S. The lowest BCUT2D eigenvalue weighted by molar-refractivity contribution is -0.140. The summed E-state index contributed by atoms with van der Waals surface area (Å²) in [5.41, 5.74) is 0. The number of carbonyl (C=O) groups is 2. The van der Waals surface area contributed by atoms with Gasteiger partial charge in [0.2, 0.25) is 11.8 Å². The van der Waals surface area contributed by atoms with Crippen LogP contribution in [-0.2, 0) is 9.59 Å². The molecule has 2 fully saturated rings. The largest absolute Gasteiger partial charge is 0.339 e. The Hall–Kier alpha value is -0.210. The third-order valence-electron chi connectivity index (χ3n) is 4.66. The maximum atomic E-state index is 12.4. The molecule has 0 aromatic heterocycles. The van der Waals surface area contributed by atoms with Gasteiger partial charge in [0.05, 0.1) is 6.54 Å². The van der Waals surface area contributed by atoms with E-state index in [1.165, 1.54) is 0 Å². The summed E-state index contributed by atoms with van der Waals surface area (Å²) in [7, 11) is 0. The number of carbonyl (C=O) groups excluding carboxylic acids is 2. The monoisotopic (exact) mass is 414 g/mol. The topological polar surface area (TPSA) is 55.9 Å². The summed E-state index contributed by atoms with van der Waals surface area (Å²) >= 11 is 1.92. The van der Waals surface area contributed by atoms with Gasteiger partial charge in [-0.05, 0) is 13.1 Å². The number of thioether (sulfide) groups is 1. The first-order chi connectivity index (χ1) is 11.1. The molecule has 0 aromatic carbocycles. The molecule has 9 heteroatoms. The van der Waals surface area contributed by atoms with Crippen LogP contribution in [0.2, 0.25) is 0 Å². The molecule has 0 saturated carbocycles. The summed E-state index contributed by atoms with van der Waals surface area (Å²) in [5.74, 6) is 2.57. The minimum absolute atomic E-state index is 0. The van der Waals surface area contributed by atoms with Gasteiger partial charge in [0.25, 0.3) is 0 Å². The molecule has 1 N–H and O–H groups in total. The smallest absolute Gasteiger partial charge is 0.236 e. The van der Waals surface area contributed by atoms with Crippen molar-refractivity contribution in [1.82, 2.24) is 20.0 Å². The van der Waals surface area contributed by atoms with Gasteiger partial charge in [-0.3, -0.25) is 14.5 Å². The van der Waals surface area contributed by atoms with Crippen LogP contribution in [0.1, 0.15) is 20.3 Å². The quantitative estimate of drug-likeness (QED) is 0.700. The number of amides is 2. The number of hydrogen-bond acceptors (Lipinski definition) is 5. The first-order valence-electron chi connectivity index (χ1n) is 8.73. The zero-order valence-electron chi connectivity index (χ0n) is 15.2. The van der Waals surface area contributed by atoms with Gasteiger partial charge in [0, 0.05) is 56.7 Å². The SMILES string of the molecule is CCN(CC)CC(=O)N1CCN(C(=O)CC2CSCCN2)CC1.Cl.Cl. The normalized spacial score (nSPS) is 20.7. The average Bonchev–Trinajstić information content (AvgIpc) is 2.60. The molecule has 0 radical (unpaired) electrons. The Kier molecular flexibility index (Phi) is 12.9. The Bertz CT molecular complexity index is 400. The summed E-state index contributed by atoms with van der Waals surface area (Å²) in [4.78, 5) is 30.6. The second-order valence-corrected chi connectivity index (χ2v) is 7.30. The van der Waals surface area contributed by atoms with Gasteiger partial charge in [-0.2, -0.15) is 11.8 Å². The zero-order chi connectivity index (χ0) is 16.7. The number of nitrogens with one attached hydrogen (secondary N) is 1. The lowest BCUT2D eigenvalue weighted by atomic mass is 10.2. The number of piperazine rings is 1. The summed E-state index contributed by atoms with van der Waals surface area (Å²) < 4.78 is 0. The Labute approximate surface area is 168 Å². The molecule has 2 aliphatic rings. The molecule has 148 valence electrons. The van der Waals surface area contributed by atoms with Crippen LogP contribution in [0, 0.1) is 0 Å². The highest BCUT2D eigenvalue weighted by Gasteiger charge is 2.26. The van der Waals surface area contributed by atoms with Crippen LogP contribution in [0.15, 0.2) is 0 Å². The van der Waals surface area contributed by atoms with Crippen molar-refractivity contribution >= 4 is 48.4 Å². The molecule has 1 unspecified atom stereocenters. The first-order valence-corrected chi connectivity index (χ1v) is 9.88. The van der Waals surface area contributed by atoms with E-state index in [-0.39, 0.29) is 36.6 Å². The highest BCUT2D eigenvalue weighted by atomic mass is 35.5. The minimum Gasteiger partial charge on any atom is -0.339 e. The van der Waals surface area contributed by atoms with E-state index >= 15 is 0 Å². The van der Waals surface area contributed by atoms with Crippen molar-refractivity contribution in [3.63, 3.8) is 0 Å². The van der Waals surface area contributed by atoms with E-state index < -0.39 is 0 Å². The fourth-order valence-electron chi connectivity index (χ4n) is 3.03. The number of nitrogens with zero attached hydrogens (tertiary/aromatic N) is 3. The fourth-order valence-corrected chi connectivity index (χ4v) is 3.98. The molecule has 2 heterocycles. The third-order valence-corrected chi connectivity index (χ3v) is 5.79. The number of halogens is 2. The van der Waals surface area contributed by atoms with Crippen LogP contribution in [0.4, 0.5) is 0 Å². The van der Waals surface area contributed by atoms with E-state index in [1.54, 1.807) is 0 Å². The standard InChI is InChI=1S/C16H30N4O2S.2ClH/c1-3-18(4-2)12-16(22)20-8-6-19(7-9-20)15(21)11-14-13-23-10-5-17-14;;/h14,17H,3-13H2,1-2H3;2*1H. The van der Waals surface area contributed by atoms with Crippen molar-refractivity contribution in [3.05, 3.63) is 0 Å². The van der Waals surface area contributed by atoms with E-state index in [0.717, 1.165) is 31.1 Å². The highest BCUT2D eigenvalue weighted by Crippen LogP contribution is 2.13. The summed E-state index contributed by atoms with van der Waals surface area (Å²) in [6, 6.07) is 0.309. The Morgan fingerprint density at radius 3 is 2.08 bits per heavy atom. The van der Waals surface area contributed by atoms with Crippen molar-refractivity contribution in [1.29, 1.82) is 0 Å². The van der Waals surface area contributed by atoms with Crippen molar-refractivity contribution in [2.24, 2.45) is 0 Å². The van der Waals surface area contributed by atoms with Crippen LogP contribution in [0.25, 0.3) is 0 Å². The molecule has 0 aromatic rings. The maximum Gasteiger partial charge on any atom is 0.236 e. The summed E-state index contributed by atoms with van der Waals surface area (Å²) in [5, 5.41) is 3.41. The van der Waals surface area contributed by atoms with E-state index in [9.17, 15) is 9.59 Å². The molecule has 1 atom stereocenters. The molecule has 25 heavy (non-hydrogen) atoms. The fraction of sp³-hybridized carbons (Fsp3) is 0.875. The first kappa shape index (κ1) is 24.8. The summed E-state index contributed by atoms with van der Waals surface area (Å²) in [6.07, 6.45) is 0.584. The van der Waals surface area contributed by atoms with E-state index in [2.05, 4.69) is 24.1 Å². The molecule has 2 rings (SSSR count). The second-order valence-electron chi connectivity index (χ2n) is 6.15. The molecular weight excluding hydrogens is 383 g/mol. The lowest BCUT2D eigenvalue weighted by Crippen LogP contribution is -2.53. The Balaban J connectivity index is 0.00000288. The predicted octanol–water partition coefficient (Wildman–Crippen LogP) is 0.938. The van der Waals surface area contributed by atoms with Crippen LogP contribution >= 0.6 is 36.6 Å². The predicted molar refractivity (Wildman–Crippen MR) is 109 cm³/mol. The highest BCUT2D eigenvalue weighted by molar-refractivity contribution is 7.99.